The van der Waals surface area contributed by atoms with Crippen molar-refractivity contribution in [2.45, 2.75) is 85.8 Å². The van der Waals surface area contributed by atoms with Crippen molar-refractivity contribution in [3.05, 3.63) is 47.5 Å². The maximum Gasteiger partial charge on any atom is 0.391 e. The third kappa shape index (κ3) is 5.19. The molecule has 0 amide bonds. The van der Waals surface area contributed by atoms with Gasteiger partial charge in [-0.3, -0.25) is 0 Å². The van der Waals surface area contributed by atoms with Crippen molar-refractivity contribution in [2.24, 2.45) is 34.7 Å². The largest absolute Gasteiger partial charge is 0.410 e. The van der Waals surface area contributed by atoms with Crippen LogP contribution in [0.2, 0.25) is 0 Å². The summed E-state index contributed by atoms with van der Waals surface area (Å²) in [5.74, 6) is 0.699. The minimum atomic E-state index is -4.29. The lowest BCUT2D eigenvalue weighted by Gasteiger charge is -2.54. The van der Waals surface area contributed by atoms with Crippen LogP contribution < -0.4 is 9.44 Å². The zero-order valence-electron chi connectivity index (χ0n) is 23.3. The Morgan fingerprint density at radius 1 is 0.698 bits per heavy atom. The van der Waals surface area contributed by atoms with Crippen LogP contribution in [-0.4, -0.2) is 46.0 Å². The molecule has 232 valence electrons. The van der Waals surface area contributed by atoms with Gasteiger partial charge in [-0.05, 0) is 117 Å². The highest BCUT2D eigenvalue weighted by Gasteiger charge is 2.49. The van der Waals surface area contributed by atoms with Gasteiger partial charge in [-0.25, -0.2) is 26.3 Å². The topological polar surface area (TPSA) is 125 Å². The van der Waals surface area contributed by atoms with Gasteiger partial charge in [0.25, 0.3) is 0 Å². The highest BCUT2D eigenvalue weighted by molar-refractivity contribution is 7.89. The predicted molar refractivity (Wildman–Crippen MR) is 153 cm³/mol. The van der Waals surface area contributed by atoms with Gasteiger partial charge in [0.15, 0.2) is 0 Å². The molecule has 0 heterocycles. The molecule has 6 aliphatic carbocycles. The molecule has 0 atom stereocenters. The number of halogens is 3. The predicted octanol–water partition coefficient (Wildman–Crippen LogP) is 5.40. The molecule has 6 aliphatic rings. The number of oxime groups is 1. The summed E-state index contributed by atoms with van der Waals surface area (Å²) in [4.78, 5) is -0.0625. The minimum Gasteiger partial charge on any atom is -0.410 e. The van der Waals surface area contributed by atoms with Crippen LogP contribution in [0.15, 0.2) is 51.3 Å². The van der Waals surface area contributed by atoms with Crippen LogP contribution in [0.3, 0.4) is 0 Å². The minimum absolute atomic E-state index is 0.0537. The summed E-state index contributed by atoms with van der Waals surface area (Å²) in [5, 5.41) is 13.4. The molecule has 13 heteroatoms. The molecule has 3 N–H and O–H groups in total. The number of fused-ring (bicyclic) bond motifs is 3. The van der Waals surface area contributed by atoms with Gasteiger partial charge in [-0.1, -0.05) is 17.3 Å². The number of nitrogens with zero attached hydrogens (tertiary/aromatic N) is 1. The van der Waals surface area contributed by atoms with E-state index >= 15 is 0 Å². The molecule has 0 aromatic heterocycles. The Morgan fingerprint density at radius 2 is 1.19 bits per heavy atom. The summed E-state index contributed by atoms with van der Waals surface area (Å²) < 4.78 is 98.2. The highest BCUT2D eigenvalue weighted by Crippen LogP contribution is 2.54. The number of hydrogen-bond donors (Lipinski definition) is 3. The Morgan fingerprint density at radius 3 is 1.65 bits per heavy atom. The smallest absolute Gasteiger partial charge is 0.391 e. The third-order valence-corrected chi connectivity index (χ3v) is 13.5. The molecule has 0 saturated heterocycles. The molecule has 5 fully saturated rings. The van der Waals surface area contributed by atoms with E-state index in [1.165, 1.54) is 30.7 Å². The summed E-state index contributed by atoms with van der Waals surface area (Å²) in [5.41, 5.74) is 1.95. The van der Waals surface area contributed by atoms with E-state index < -0.39 is 38.2 Å². The summed E-state index contributed by atoms with van der Waals surface area (Å²) >= 11 is 0. The second-order valence-electron chi connectivity index (χ2n) is 13.2. The van der Waals surface area contributed by atoms with Crippen molar-refractivity contribution in [2.75, 3.05) is 0 Å². The molecule has 0 spiro atoms. The lowest BCUT2D eigenvalue weighted by atomic mass is 9.54. The van der Waals surface area contributed by atoms with Crippen LogP contribution >= 0.6 is 0 Å². The van der Waals surface area contributed by atoms with Crippen LogP contribution in [0.4, 0.5) is 13.2 Å². The SMILES string of the molecule is O=S(=O)(NC1CCC(C(F)(F)F)CC1)c1ccc2c(c1)/C(=N\O)c1cc(S(=O)(=O)NC3C4CC5CC(C4)CC3C5)ccc1-2. The molecule has 2 aromatic carbocycles. The molecule has 0 unspecified atom stereocenters. The lowest BCUT2D eigenvalue weighted by molar-refractivity contribution is -0.182. The van der Waals surface area contributed by atoms with Crippen molar-refractivity contribution in [3.8, 4) is 11.1 Å². The molecule has 4 bridgehead atoms. The van der Waals surface area contributed by atoms with E-state index in [4.69, 9.17) is 0 Å². The molecule has 5 saturated carbocycles. The van der Waals surface area contributed by atoms with E-state index in [1.54, 1.807) is 12.1 Å². The first-order chi connectivity index (χ1) is 20.3. The van der Waals surface area contributed by atoms with Gasteiger partial charge in [-0.2, -0.15) is 13.2 Å². The van der Waals surface area contributed by atoms with Crippen LogP contribution in [0, 0.1) is 29.6 Å². The van der Waals surface area contributed by atoms with Gasteiger partial charge < -0.3 is 5.21 Å². The quantitative estimate of drug-likeness (QED) is 0.247. The second-order valence-corrected chi connectivity index (χ2v) is 16.6. The van der Waals surface area contributed by atoms with Gasteiger partial charge in [0, 0.05) is 23.2 Å². The molecule has 0 radical (unpaired) electrons. The van der Waals surface area contributed by atoms with Crippen LogP contribution in [0.25, 0.3) is 11.1 Å². The van der Waals surface area contributed by atoms with E-state index in [9.17, 15) is 35.2 Å². The first-order valence-electron chi connectivity index (χ1n) is 14.9. The van der Waals surface area contributed by atoms with Gasteiger partial charge in [0.1, 0.15) is 5.71 Å². The van der Waals surface area contributed by atoms with E-state index in [-0.39, 0.29) is 47.2 Å². The van der Waals surface area contributed by atoms with Crippen molar-refractivity contribution < 1.29 is 35.2 Å². The van der Waals surface area contributed by atoms with E-state index in [1.807, 2.05) is 0 Å². The zero-order valence-corrected chi connectivity index (χ0v) is 25.0. The number of alkyl halides is 3. The van der Waals surface area contributed by atoms with Crippen molar-refractivity contribution >= 4 is 25.8 Å². The fourth-order valence-electron chi connectivity index (χ4n) is 8.69. The Bertz CT molecular complexity index is 1670. The third-order valence-electron chi connectivity index (χ3n) is 10.5. The average molecular weight is 638 g/mol. The normalized spacial score (nSPS) is 32.6. The summed E-state index contributed by atoms with van der Waals surface area (Å²) in [6.07, 6.45) is 1.13. The highest BCUT2D eigenvalue weighted by atomic mass is 32.2. The summed E-state index contributed by atoms with van der Waals surface area (Å²) in [6.45, 7) is 0. The van der Waals surface area contributed by atoms with Gasteiger partial charge >= 0.3 is 6.18 Å². The Kier molecular flexibility index (Phi) is 6.99. The van der Waals surface area contributed by atoms with E-state index in [0.29, 0.717) is 45.9 Å². The Hall–Kier alpha value is -2.48. The molecule has 8 nitrogen and oxygen atoms in total. The molecular formula is C30H34F3N3O5S2. The maximum atomic E-state index is 13.6. The number of benzene rings is 2. The molecule has 8 rings (SSSR count). The fraction of sp³-hybridized carbons (Fsp3) is 0.567. The van der Waals surface area contributed by atoms with E-state index in [2.05, 4.69) is 14.6 Å². The second kappa shape index (κ2) is 10.3. The van der Waals surface area contributed by atoms with Crippen LogP contribution in [0.1, 0.15) is 68.9 Å². The number of hydrogen-bond acceptors (Lipinski definition) is 6. The lowest BCUT2D eigenvalue weighted by Crippen LogP contribution is -2.55. The monoisotopic (exact) mass is 637 g/mol. The average Bonchev–Trinajstić information content (AvgIpc) is 3.26. The van der Waals surface area contributed by atoms with Gasteiger partial charge in [0.2, 0.25) is 20.0 Å². The zero-order chi connectivity index (χ0) is 30.3. The Labute approximate surface area is 249 Å². The molecule has 0 aliphatic heterocycles. The molecule has 2 aromatic rings. The van der Waals surface area contributed by atoms with Gasteiger partial charge in [0.05, 0.1) is 15.7 Å². The number of rotatable bonds is 6. The van der Waals surface area contributed by atoms with Crippen molar-refractivity contribution in [3.63, 3.8) is 0 Å². The fourth-order valence-corrected chi connectivity index (χ4v) is 11.4. The summed E-state index contributed by atoms with van der Waals surface area (Å²) in [6, 6.07) is 8.25. The van der Waals surface area contributed by atoms with Crippen molar-refractivity contribution in [1.29, 1.82) is 0 Å². The first kappa shape index (κ1) is 29.2. The first-order valence-corrected chi connectivity index (χ1v) is 17.9. The standard InChI is InChI=1S/C30H34F3N3O5S2/c31-30(32,33)20-1-3-21(4-2-20)35-42(38,39)22-5-7-24-25-8-6-23(15-27(25)29(34-37)26(24)14-22)43(40,41)36-28-18-10-16-9-17(12-18)13-19(28)11-16/h5-8,14-21,28,35-37H,1-4,9-13H2/b34-29+. The summed E-state index contributed by atoms with van der Waals surface area (Å²) in [7, 11) is -7.95. The molecule has 43 heavy (non-hydrogen) atoms. The Balaban J connectivity index is 1.11. The van der Waals surface area contributed by atoms with Gasteiger partial charge in [-0.15, -0.1) is 0 Å². The van der Waals surface area contributed by atoms with Crippen molar-refractivity contribution in [1.82, 2.24) is 9.44 Å². The van der Waals surface area contributed by atoms with Crippen LogP contribution in [-0.2, 0) is 20.0 Å². The molecular weight excluding hydrogens is 603 g/mol. The maximum absolute atomic E-state index is 13.6. The number of nitrogens with one attached hydrogen (secondary N) is 2. The van der Waals surface area contributed by atoms with E-state index in [0.717, 1.165) is 25.7 Å². The van der Waals surface area contributed by atoms with Crippen LogP contribution in [0.5, 0.6) is 0 Å². The number of sulfonamides is 2.